The highest BCUT2D eigenvalue weighted by molar-refractivity contribution is 6.31. The largest absolute Gasteiger partial charge is 0.495 e. The number of hydrogen-bond acceptors (Lipinski definition) is 4. The molecule has 28 heavy (non-hydrogen) atoms. The number of methoxy groups -OCH3 is 1. The molecule has 2 aromatic carbocycles. The Kier molecular flexibility index (Phi) is 6.45. The number of amides is 1. The van der Waals surface area contributed by atoms with Gasteiger partial charge in [0.05, 0.1) is 12.8 Å². The highest BCUT2D eigenvalue weighted by atomic mass is 35.5. The fourth-order valence-electron chi connectivity index (χ4n) is 2.63. The first-order valence-electron chi connectivity index (χ1n) is 8.64. The molecule has 0 aliphatic rings. The van der Waals surface area contributed by atoms with Gasteiger partial charge in [-0.2, -0.15) is 0 Å². The number of anilines is 2. The second-order valence-electron chi connectivity index (χ2n) is 6.03. The third-order valence-corrected chi connectivity index (χ3v) is 4.29. The van der Waals surface area contributed by atoms with Crippen molar-refractivity contribution in [3.8, 4) is 5.75 Å². The van der Waals surface area contributed by atoms with Crippen molar-refractivity contribution in [2.45, 2.75) is 6.42 Å². The van der Waals surface area contributed by atoms with Crippen LogP contribution in [-0.4, -0.2) is 24.5 Å². The lowest BCUT2D eigenvalue weighted by Crippen LogP contribution is -2.15. The minimum Gasteiger partial charge on any atom is -0.495 e. The molecule has 3 rings (SSSR count). The van der Waals surface area contributed by atoms with Crippen molar-refractivity contribution in [2.75, 3.05) is 24.3 Å². The van der Waals surface area contributed by atoms with Crippen molar-refractivity contribution in [1.29, 1.82) is 0 Å². The summed E-state index contributed by atoms with van der Waals surface area (Å²) in [6, 6.07) is 14.8. The summed E-state index contributed by atoms with van der Waals surface area (Å²) in [6.07, 6.45) is 2.29. The molecule has 0 spiro atoms. The molecule has 144 valence electrons. The summed E-state index contributed by atoms with van der Waals surface area (Å²) in [5, 5.41) is 6.48. The third kappa shape index (κ3) is 5.20. The molecule has 7 heteroatoms. The molecule has 1 heterocycles. The van der Waals surface area contributed by atoms with Gasteiger partial charge in [-0.1, -0.05) is 23.7 Å². The van der Waals surface area contributed by atoms with Crippen LogP contribution >= 0.6 is 11.6 Å². The van der Waals surface area contributed by atoms with Crippen molar-refractivity contribution in [2.24, 2.45) is 0 Å². The number of pyridine rings is 1. The SMILES string of the molecule is COc1ccc(Cl)cc1NC(=O)c1cc(NCCc2ccc(F)cc2)ccn1. The van der Waals surface area contributed by atoms with Crippen LogP contribution in [0.1, 0.15) is 16.1 Å². The van der Waals surface area contributed by atoms with Crippen LogP contribution in [0.5, 0.6) is 5.75 Å². The van der Waals surface area contributed by atoms with Crippen LogP contribution in [0.2, 0.25) is 5.02 Å². The molecule has 3 aromatic rings. The molecule has 1 aromatic heterocycles. The zero-order valence-electron chi connectivity index (χ0n) is 15.2. The molecule has 0 saturated heterocycles. The maximum Gasteiger partial charge on any atom is 0.274 e. The van der Waals surface area contributed by atoms with Gasteiger partial charge in [-0.25, -0.2) is 4.39 Å². The summed E-state index contributed by atoms with van der Waals surface area (Å²) < 4.78 is 18.2. The summed E-state index contributed by atoms with van der Waals surface area (Å²) in [7, 11) is 1.52. The molecule has 0 atom stereocenters. The maximum absolute atomic E-state index is 12.9. The molecule has 1 amide bonds. The highest BCUT2D eigenvalue weighted by Crippen LogP contribution is 2.28. The Morgan fingerprint density at radius 1 is 1.14 bits per heavy atom. The van der Waals surface area contributed by atoms with Crippen LogP contribution in [0.15, 0.2) is 60.8 Å². The number of rotatable bonds is 7. The molecule has 0 bridgehead atoms. The lowest BCUT2D eigenvalue weighted by atomic mass is 10.1. The maximum atomic E-state index is 12.9. The van der Waals surface area contributed by atoms with Gasteiger partial charge in [-0.3, -0.25) is 9.78 Å². The van der Waals surface area contributed by atoms with E-state index < -0.39 is 0 Å². The van der Waals surface area contributed by atoms with Gasteiger partial charge in [0, 0.05) is 23.5 Å². The number of benzene rings is 2. The molecule has 0 aliphatic carbocycles. The fourth-order valence-corrected chi connectivity index (χ4v) is 2.80. The van der Waals surface area contributed by atoms with Crippen LogP contribution < -0.4 is 15.4 Å². The summed E-state index contributed by atoms with van der Waals surface area (Å²) in [5.41, 5.74) is 2.51. The molecule has 5 nitrogen and oxygen atoms in total. The molecule has 0 unspecified atom stereocenters. The van der Waals surface area contributed by atoms with E-state index in [9.17, 15) is 9.18 Å². The number of aromatic nitrogens is 1. The molecule has 2 N–H and O–H groups in total. The predicted molar refractivity (Wildman–Crippen MR) is 109 cm³/mol. The number of nitrogens with one attached hydrogen (secondary N) is 2. The topological polar surface area (TPSA) is 63.2 Å². The van der Waals surface area contributed by atoms with E-state index in [-0.39, 0.29) is 17.4 Å². The van der Waals surface area contributed by atoms with Gasteiger partial charge in [0.15, 0.2) is 0 Å². The number of carbonyl (C=O) groups is 1. The minimum atomic E-state index is -0.372. The van der Waals surface area contributed by atoms with E-state index in [0.717, 1.165) is 17.7 Å². The van der Waals surface area contributed by atoms with E-state index in [4.69, 9.17) is 16.3 Å². The van der Waals surface area contributed by atoms with Crippen LogP contribution in [0.4, 0.5) is 15.8 Å². The number of carbonyl (C=O) groups excluding carboxylic acids is 1. The van der Waals surface area contributed by atoms with Crippen molar-refractivity contribution >= 4 is 28.9 Å². The van der Waals surface area contributed by atoms with Gasteiger partial charge in [-0.05, 0) is 54.4 Å². The summed E-state index contributed by atoms with van der Waals surface area (Å²) >= 11 is 5.99. The average molecular weight is 400 g/mol. The number of halogens is 2. The van der Waals surface area contributed by atoms with E-state index in [1.54, 1.807) is 48.7 Å². The van der Waals surface area contributed by atoms with Gasteiger partial charge < -0.3 is 15.4 Å². The van der Waals surface area contributed by atoms with E-state index >= 15 is 0 Å². The van der Waals surface area contributed by atoms with Crippen molar-refractivity contribution < 1.29 is 13.9 Å². The Hall–Kier alpha value is -3.12. The van der Waals surface area contributed by atoms with E-state index in [1.807, 2.05) is 0 Å². The van der Waals surface area contributed by atoms with Crippen LogP contribution in [0.3, 0.4) is 0 Å². The number of ether oxygens (including phenoxy) is 1. The first kappa shape index (κ1) is 19.6. The summed E-state index contributed by atoms with van der Waals surface area (Å²) in [4.78, 5) is 16.7. The molecular weight excluding hydrogens is 381 g/mol. The Labute approximate surface area is 167 Å². The average Bonchev–Trinajstić information content (AvgIpc) is 2.70. The Morgan fingerprint density at radius 3 is 2.68 bits per heavy atom. The van der Waals surface area contributed by atoms with E-state index in [0.29, 0.717) is 23.0 Å². The normalized spacial score (nSPS) is 10.4. The van der Waals surface area contributed by atoms with E-state index in [2.05, 4.69) is 15.6 Å². The third-order valence-electron chi connectivity index (χ3n) is 4.06. The van der Waals surface area contributed by atoms with E-state index in [1.165, 1.54) is 19.2 Å². The zero-order chi connectivity index (χ0) is 19.9. The molecule has 0 fully saturated rings. The lowest BCUT2D eigenvalue weighted by Gasteiger charge is -2.11. The molecule has 0 aliphatic heterocycles. The monoisotopic (exact) mass is 399 g/mol. The van der Waals surface area contributed by atoms with Gasteiger partial charge >= 0.3 is 0 Å². The van der Waals surface area contributed by atoms with Crippen LogP contribution in [-0.2, 0) is 6.42 Å². The zero-order valence-corrected chi connectivity index (χ0v) is 16.0. The summed E-state index contributed by atoms with van der Waals surface area (Å²) in [5.74, 6) is -0.119. The number of nitrogens with zero attached hydrogens (tertiary/aromatic N) is 1. The Morgan fingerprint density at radius 2 is 1.93 bits per heavy atom. The molecular formula is C21H19ClFN3O2. The van der Waals surface area contributed by atoms with Gasteiger partial charge in [0.25, 0.3) is 5.91 Å². The van der Waals surface area contributed by atoms with Crippen molar-refractivity contribution in [1.82, 2.24) is 4.98 Å². The standard InChI is InChI=1S/C21H19ClFN3O2/c1-28-20-7-4-15(22)12-18(20)26-21(27)19-13-17(9-11-25-19)24-10-8-14-2-5-16(23)6-3-14/h2-7,9,11-13H,8,10H2,1H3,(H,24,25)(H,26,27). The Balaban J connectivity index is 1.63. The second-order valence-corrected chi connectivity index (χ2v) is 6.47. The van der Waals surface area contributed by atoms with Crippen LogP contribution in [0.25, 0.3) is 0 Å². The molecule has 0 radical (unpaired) electrons. The fraction of sp³-hybridized carbons (Fsp3) is 0.143. The Bertz CT molecular complexity index is 964. The van der Waals surface area contributed by atoms with Gasteiger partial charge in [0.1, 0.15) is 17.3 Å². The van der Waals surface area contributed by atoms with Crippen molar-refractivity contribution in [3.05, 3.63) is 82.9 Å². The van der Waals surface area contributed by atoms with Gasteiger partial charge in [-0.15, -0.1) is 0 Å². The van der Waals surface area contributed by atoms with Crippen LogP contribution in [0, 0.1) is 5.82 Å². The highest BCUT2D eigenvalue weighted by Gasteiger charge is 2.12. The number of hydrogen-bond donors (Lipinski definition) is 2. The first-order valence-corrected chi connectivity index (χ1v) is 9.02. The van der Waals surface area contributed by atoms with Crippen molar-refractivity contribution in [3.63, 3.8) is 0 Å². The minimum absolute atomic E-state index is 0.252. The summed E-state index contributed by atoms with van der Waals surface area (Å²) in [6.45, 7) is 0.638. The quantitative estimate of drug-likeness (QED) is 0.599. The van der Waals surface area contributed by atoms with Gasteiger partial charge in [0.2, 0.25) is 0 Å². The predicted octanol–water partition coefficient (Wildman–Crippen LogP) is 4.79. The smallest absolute Gasteiger partial charge is 0.274 e. The second kappa shape index (κ2) is 9.19. The first-order chi connectivity index (χ1) is 13.5. The lowest BCUT2D eigenvalue weighted by molar-refractivity contribution is 0.102. The molecule has 0 saturated carbocycles.